The highest BCUT2D eigenvalue weighted by molar-refractivity contribution is 6.64. The van der Waals surface area contributed by atoms with Crippen LogP contribution in [0.3, 0.4) is 0 Å². The first kappa shape index (κ1) is 7.89. The van der Waals surface area contributed by atoms with Crippen LogP contribution in [0, 0.1) is 5.92 Å². The van der Waals surface area contributed by atoms with Crippen LogP contribution in [0.1, 0.15) is 13.3 Å². The maximum absolute atomic E-state index is 11.6. The summed E-state index contributed by atoms with van der Waals surface area (Å²) in [4.78, 5) is 10.1. The molecule has 48 valence electrons. The Kier molecular flexibility index (Phi) is 3.79. The monoisotopic (exact) mass is 138 g/mol. The molecule has 0 bridgehead atoms. The van der Waals surface area contributed by atoms with E-state index in [1.165, 1.54) is 0 Å². The van der Waals surface area contributed by atoms with E-state index >= 15 is 0 Å². The highest BCUT2D eigenvalue weighted by atomic mass is 35.5. The molecular formula is C5H8ClFO. The van der Waals surface area contributed by atoms with Crippen LogP contribution in [-0.2, 0) is 4.79 Å². The fourth-order valence-corrected chi connectivity index (χ4v) is 0.543. The van der Waals surface area contributed by atoms with Crippen molar-refractivity contribution in [3.63, 3.8) is 0 Å². The molecule has 0 aromatic rings. The van der Waals surface area contributed by atoms with Crippen LogP contribution in [0.4, 0.5) is 4.39 Å². The van der Waals surface area contributed by atoms with Gasteiger partial charge in [-0.15, -0.1) is 0 Å². The van der Waals surface area contributed by atoms with Gasteiger partial charge in [-0.25, -0.2) is 0 Å². The van der Waals surface area contributed by atoms with Crippen LogP contribution in [-0.4, -0.2) is 11.9 Å². The van der Waals surface area contributed by atoms with Crippen molar-refractivity contribution in [2.45, 2.75) is 13.3 Å². The van der Waals surface area contributed by atoms with E-state index in [0.717, 1.165) is 0 Å². The number of carbonyl (C=O) groups is 1. The molecule has 0 N–H and O–H groups in total. The third-order valence-electron chi connectivity index (χ3n) is 1.00. The zero-order chi connectivity index (χ0) is 6.57. The van der Waals surface area contributed by atoms with Crippen LogP contribution in [0.5, 0.6) is 0 Å². The molecule has 3 heteroatoms. The van der Waals surface area contributed by atoms with Crippen molar-refractivity contribution in [2.75, 3.05) is 6.67 Å². The van der Waals surface area contributed by atoms with E-state index < -0.39 is 17.8 Å². The number of carbonyl (C=O) groups excluding carboxylic acids is 1. The molecule has 0 amide bonds. The topological polar surface area (TPSA) is 17.1 Å². The number of alkyl halides is 1. The van der Waals surface area contributed by atoms with E-state index in [9.17, 15) is 9.18 Å². The average molecular weight is 139 g/mol. The maximum Gasteiger partial charge on any atom is 0.227 e. The summed E-state index contributed by atoms with van der Waals surface area (Å²) in [5, 5.41) is -0.574. The molecule has 0 radical (unpaired) electrons. The first-order valence-electron chi connectivity index (χ1n) is 2.47. The molecule has 0 heterocycles. The molecule has 0 aromatic carbocycles. The molecule has 0 fully saturated rings. The summed E-state index contributed by atoms with van der Waals surface area (Å²) < 4.78 is 11.6. The fourth-order valence-electron chi connectivity index (χ4n) is 0.330. The van der Waals surface area contributed by atoms with Crippen molar-refractivity contribution in [2.24, 2.45) is 5.92 Å². The molecule has 0 aliphatic heterocycles. The van der Waals surface area contributed by atoms with Gasteiger partial charge in [0.1, 0.15) is 6.67 Å². The summed E-state index contributed by atoms with van der Waals surface area (Å²) in [7, 11) is 0. The Morgan fingerprint density at radius 3 is 2.38 bits per heavy atom. The Morgan fingerprint density at radius 2 is 2.38 bits per heavy atom. The number of halogens is 2. The van der Waals surface area contributed by atoms with Gasteiger partial charge in [0.25, 0.3) is 0 Å². The summed E-state index contributed by atoms with van der Waals surface area (Å²) >= 11 is 4.97. The van der Waals surface area contributed by atoms with Gasteiger partial charge in [0.05, 0.1) is 5.92 Å². The molecular weight excluding hydrogens is 131 g/mol. The Bertz CT molecular complexity index is 80.5. The van der Waals surface area contributed by atoms with Gasteiger partial charge in [0, 0.05) is 0 Å². The van der Waals surface area contributed by atoms with Crippen LogP contribution >= 0.6 is 11.6 Å². The van der Waals surface area contributed by atoms with Crippen molar-refractivity contribution in [1.29, 1.82) is 0 Å². The predicted molar refractivity (Wildman–Crippen MR) is 30.6 cm³/mol. The van der Waals surface area contributed by atoms with E-state index in [-0.39, 0.29) is 0 Å². The lowest BCUT2D eigenvalue weighted by molar-refractivity contribution is -0.115. The van der Waals surface area contributed by atoms with Crippen LogP contribution in [0.25, 0.3) is 0 Å². The SMILES string of the molecule is CCC(CF)C(=O)Cl. The van der Waals surface area contributed by atoms with Crippen molar-refractivity contribution in [1.82, 2.24) is 0 Å². The van der Waals surface area contributed by atoms with Gasteiger partial charge in [0.15, 0.2) is 0 Å². The molecule has 1 atom stereocenters. The third kappa shape index (κ3) is 2.26. The summed E-state index contributed by atoms with van der Waals surface area (Å²) in [6.45, 7) is 1.09. The summed E-state index contributed by atoms with van der Waals surface area (Å²) in [6, 6.07) is 0. The van der Waals surface area contributed by atoms with Crippen molar-refractivity contribution in [3.8, 4) is 0 Å². The van der Waals surface area contributed by atoms with Gasteiger partial charge in [0.2, 0.25) is 5.24 Å². The fraction of sp³-hybridized carbons (Fsp3) is 0.800. The molecule has 8 heavy (non-hydrogen) atoms. The Labute approximate surface area is 52.8 Å². The zero-order valence-electron chi connectivity index (χ0n) is 4.66. The summed E-state index contributed by atoms with van der Waals surface area (Å²) in [5.41, 5.74) is 0. The molecule has 0 aliphatic rings. The minimum absolute atomic E-state index is 0.485. The lowest BCUT2D eigenvalue weighted by atomic mass is 10.1. The Balaban J connectivity index is 3.52. The molecule has 0 spiro atoms. The van der Waals surface area contributed by atoms with E-state index in [4.69, 9.17) is 11.6 Å². The molecule has 0 saturated carbocycles. The van der Waals surface area contributed by atoms with Crippen molar-refractivity contribution in [3.05, 3.63) is 0 Å². The van der Waals surface area contributed by atoms with Crippen LogP contribution in [0.2, 0.25) is 0 Å². The zero-order valence-corrected chi connectivity index (χ0v) is 5.41. The molecule has 0 saturated heterocycles. The predicted octanol–water partition coefficient (Wildman–Crippen LogP) is 1.75. The minimum atomic E-state index is -0.640. The van der Waals surface area contributed by atoms with E-state index in [2.05, 4.69) is 0 Å². The van der Waals surface area contributed by atoms with Gasteiger partial charge in [-0.05, 0) is 18.0 Å². The standard InChI is InChI=1S/C5H8ClFO/c1-2-4(3-7)5(6)8/h4H,2-3H2,1H3. The summed E-state index contributed by atoms with van der Waals surface area (Å²) in [6.07, 6.45) is 0.485. The summed E-state index contributed by atoms with van der Waals surface area (Å²) in [5.74, 6) is -0.586. The largest absolute Gasteiger partial charge is 0.281 e. The lowest BCUT2D eigenvalue weighted by Crippen LogP contribution is -2.08. The van der Waals surface area contributed by atoms with E-state index in [0.29, 0.717) is 6.42 Å². The minimum Gasteiger partial charge on any atom is -0.281 e. The highest BCUT2D eigenvalue weighted by Gasteiger charge is 2.11. The van der Waals surface area contributed by atoms with E-state index in [1.807, 2.05) is 0 Å². The first-order valence-corrected chi connectivity index (χ1v) is 2.85. The number of hydrogen-bond donors (Lipinski definition) is 0. The lowest BCUT2D eigenvalue weighted by Gasteiger charge is -1.99. The molecule has 0 aromatic heterocycles. The molecule has 0 rings (SSSR count). The number of rotatable bonds is 3. The van der Waals surface area contributed by atoms with Gasteiger partial charge in [-0.1, -0.05) is 6.92 Å². The van der Waals surface area contributed by atoms with Crippen LogP contribution < -0.4 is 0 Å². The van der Waals surface area contributed by atoms with Crippen molar-refractivity contribution >= 4 is 16.8 Å². The molecule has 1 unspecified atom stereocenters. The van der Waals surface area contributed by atoms with E-state index in [1.54, 1.807) is 6.92 Å². The van der Waals surface area contributed by atoms with Gasteiger partial charge in [-0.2, -0.15) is 0 Å². The van der Waals surface area contributed by atoms with Gasteiger partial charge in [-0.3, -0.25) is 9.18 Å². The quantitative estimate of drug-likeness (QED) is 0.543. The maximum atomic E-state index is 11.6. The third-order valence-corrected chi connectivity index (χ3v) is 1.31. The van der Waals surface area contributed by atoms with Gasteiger partial charge >= 0.3 is 0 Å². The van der Waals surface area contributed by atoms with Crippen molar-refractivity contribution < 1.29 is 9.18 Å². The molecule has 1 nitrogen and oxygen atoms in total. The molecule has 0 aliphatic carbocycles. The first-order chi connectivity index (χ1) is 3.72. The normalized spacial score (nSPS) is 13.4. The Morgan fingerprint density at radius 1 is 1.88 bits per heavy atom. The van der Waals surface area contributed by atoms with Gasteiger partial charge < -0.3 is 0 Å². The number of hydrogen-bond acceptors (Lipinski definition) is 1. The smallest absolute Gasteiger partial charge is 0.227 e. The second-order valence-corrected chi connectivity index (χ2v) is 1.94. The second-order valence-electron chi connectivity index (χ2n) is 1.56. The highest BCUT2D eigenvalue weighted by Crippen LogP contribution is 2.06. The average Bonchev–Trinajstić information content (AvgIpc) is 1.69. The Hall–Kier alpha value is -0.110. The van der Waals surface area contributed by atoms with Crippen LogP contribution in [0.15, 0.2) is 0 Å². The second kappa shape index (κ2) is 3.84.